The first-order chi connectivity index (χ1) is 13.0. The lowest BCUT2D eigenvalue weighted by Gasteiger charge is -2.42. The predicted molar refractivity (Wildman–Crippen MR) is 113 cm³/mol. The Balaban J connectivity index is 1.40. The first-order valence-corrected chi connectivity index (χ1v) is 10.8. The molecule has 3 heterocycles. The molecule has 2 fully saturated rings. The van der Waals surface area contributed by atoms with Crippen LogP contribution in [0.25, 0.3) is 10.9 Å². The molecule has 0 spiro atoms. The summed E-state index contributed by atoms with van der Waals surface area (Å²) in [7, 11) is 2.22. The number of hydrogen-bond donors (Lipinski definition) is 0. The van der Waals surface area contributed by atoms with Gasteiger partial charge in [-0.3, -0.25) is 9.69 Å². The summed E-state index contributed by atoms with van der Waals surface area (Å²) < 4.78 is 3.24. The van der Waals surface area contributed by atoms with Crippen molar-refractivity contribution in [1.82, 2.24) is 19.3 Å². The Morgan fingerprint density at radius 3 is 2.63 bits per heavy atom. The highest BCUT2D eigenvalue weighted by molar-refractivity contribution is 9.10. The molecule has 1 amide bonds. The Morgan fingerprint density at radius 2 is 1.89 bits per heavy atom. The molecule has 2 aliphatic rings. The molecular formula is C21H29BrN4O. The van der Waals surface area contributed by atoms with Crippen LogP contribution in [0.15, 0.2) is 28.7 Å². The number of likely N-dealkylation sites (tertiary alicyclic amines) is 1. The van der Waals surface area contributed by atoms with Gasteiger partial charge in [0.2, 0.25) is 5.91 Å². The van der Waals surface area contributed by atoms with Gasteiger partial charge >= 0.3 is 0 Å². The zero-order chi connectivity index (χ0) is 19.0. The third-order valence-corrected chi connectivity index (χ3v) is 7.23. The normalized spacial score (nSPS) is 22.5. The summed E-state index contributed by atoms with van der Waals surface area (Å²) >= 11 is 3.69. The molecule has 5 nitrogen and oxygen atoms in total. The van der Waals surface area contributed by atoms with E-state index in [4.69, 9.17) is 0 Å². The Kier molecular flexibility index (Phi) is 5.58. The zero-order valence-corrected chi connectivity index (χ0v) is 17.9. The average molecular weight is 433 g/mol. The summed E-state index contributed by atoms with van der Waals surface area (Å²) in [6.45, 7) is 8.57. The maximum Gasteiger partial charge on any atom is 0.242 e. The lowest BCUT2D eigenvalue weighted by Crippen LogP contribution is -2.55. The van der Waals surface area contributed by atoms with E-state index in [0.29, 0.717) is 12.6 Å². The SMILES string of the molecule is Cc1c(Br)c2ccccc2n1CC(=O)N1CCN(C2CCCN(C)C2)CC1. The smallest absolute Gasteiger partial charge is 0.242 e. The maximum atomic E-state index is 13.0. The second kappa shape index (κ2) is 7.94. The lowest BCUT2D eigenvalue weighted by atomic mass is 10.0. The molecule has 146 valence electrons. The van der Waals surface area contributed by atoms with Gasteiger partial charge in [0, 0.05) is 59.8 Å². The highest BCUT2D eigenvalue weighted by Gasteiger charge is 2.28. The van der Waals surface area contributed by atoms with Crippen molar-refractivity contribution in [3.63, 3.8) is 0 Å². The van der Waals surface area contributed by atoms with Gasteiger partial charge in [-0.15, -0.1) is 0 Å². The van der Waals surface area contributed by atoms with Crippen molar-refractivity contribution >= 4 is 32.7 Å². The molecule has 6 heteroatoms. The van der Waals surface area contributed by atoms with Crippen molar-refractivity contribution in [3.05, 3.63) is 34.4 Å². The Bertz CT molecular complexity index is 825. The van der Waals surface area contributed by atoms with E-state index in [9.17, 15) is 4.79 Å². The predicted octanol–water partition coefficient (Wildman–Crippen LogP) is 2.95. The van der Waals surface area contributed by atoms with E-state index >= 15 is 0 Å². The van der Waals surface area contributed by atoms with Crippen molar-refractivity contribution in [1.29, 1.82) is 0 Å². The Morgan fingerprint density at radius 1 is 1.15 bits per heavy atom. The molecule has 0 saturated carbocycles. The largest absolute Gasteiger partial charge is 0.339 e. The molecule has 2 saturated heterocycles. The summed E-state index contributed by atoms with van der Waals surface area (Å²) in [5.74, 6) is 0.228. The lowest BCUT2D eigenvalue weighted by molar-refractivity contribution is -0.134. The maximum absolute atomic E-state index is 13.0. The number of para-hydroxylation sites is 1. The number of benzene rings is 1. The van der Waals surface area contributed by atoms with Crippen LogP contribution < -0.4 is 0 Å². The van der Waals surface area contributed by atoms with E-state index in [1.165, 1.54) is 24.8 Å². The Hall–Kier alpha value is -1.37. The van der Waals surface area contributed by atoms with E-state index in [-0.39, 0.29) is 5.91 Å². The number of fused-ring (bicyclic) bond motifs is 1. The third kappa shape index (κ3) is 3.80. The summed E-state index contributed by atoms with van der Waals surface area (Å²) in [4.78, 5) is 20.0. The summed E-state index contributed by atoms with van der Waals surface area (Å²) in [6, 6.07) is 8.94. The van der Waals surface area contributed by atoms with Crippen molar-refractivity contribution in [3.8, 4) is 0 Å². The van der Waals surface area contributed by atoms with Gasteiger partial charge in [0.25, 0.3) is 0 Å². The van der Waals surface area contributed by atoms with Crippen molar-refractivity contribution < 1.29 is 4.79 Å². The van der Waals surface area contributed by atoms with Crippen molar-refractivity contribution in [2.75, 3.05) is 46.3 Å². The van der Waals surface area contributed by atoms with Crippen LogP contribution >= 0.6 is 15.9 Å². The second-order valence-corrected chi connectivity index (χ2v) is 8.77. The van der Waals surface area contributed by atoms with E-state index < -0.39 is 0 Å². The molecule has 27 heavy (non-hydrogen) atoms. The van der Waals surface area contributed by atoms with Crippen LogP contribution in [-0.2, 0) is 11.3 Å². The molecule has 2 aromatic rings. The van der Waals surface area contributed by atoms with Gasteiger partial charge in [-0.05, 0) is 55.4 Å². The van der Waals surface area contributed by atoms with Gasteiger partial charge in [0.05, 0.1) is 0 Å². The molecule has 1 unspecified atom stereocenters. The highest BCUT2D eigenvalue weighted by atomic mass is 79.9. The fraction of sp³-hybridized carbons (Fsp3) is 0.571. The number of halogens is 1. The number of amides is 1. The minimum absolute atomic E-state index is 0.228. The minimum atomic E-state index is 0.228. The first kappa shape index (κ1) is 19.0. The molecule has 0 radical (unpaired) electrons. The van der Waals surface area contributed by atoms with E-state index in [2.05, 4.69) is 56.4 Å². The minimum Gasteiger partial charge on any atom is -0.339 e. The molecular weight excluding hydrogens is 404 g/mol. The number of carbonyl (C=O) groups is 1. The highest BCUT2D eigenvalue weighted by Crippen LogP contribution is 2.30. The number of rotatable bonds is 3. The fourth-order valence-corrected chi connectivity index (χ4v) is 5.15. The van der Waals surface area contributed by atoms with Crippen molar-refractivity contribution in [2.45, 2.75) is 32.4 Å². The third-order valence-electron chi connectivity index (χ3n) is 6.23. The number of hydrogen-bond acceptors (Lipinski definition) is 3. The van der Waals surface area contributed by atoms with E-state index in [0.717, 1.165) is 48.4 Å². The van der Waals surface area contributed by atoms with Crippen LogP contribution in [0.3, 0.4) is 0 Å². The molecule has 2 aliphatic heterocycles. The average Bonchev–Trinajstić information content (AvgIpc) is 2.93. The topological polar surface area (TPSA) is 31.7 Å². The molecule has 0 N–H and O–H groups in total. The van der Waals surface area contributed by atoms with Gasteiger partial charge in [0.15, 0.2) is 0 Å². The number of piperidine rings is 1. The monoisotopic (exact) mass is 432 g/mol. The number of carbonyl (C=O) groups excluding carboxylic acids is 1. The van der Waals surface area contributed by atoms with Gasteiger partial charge in [-0.1, -0.05) is 18.2 Å². The van der Waals surface area contributed by atoms with Gasteiger partial charge in [-0.2, -0.15) is 0 Å². The standard InChI is InChI=1S/C21H29BrN4O/c1-16-21(22)18-7-3-4-8-19(18)26(16)15-20(27)25-12-10-24(11-13-25)17-6-5-9-23(2)14-17/h3-4,7-8,17H,5-6,9-15H2,1-2H3. The number of aromatic nitrogens is 1. The van der Waals surface area contributed by atoms with Gasteiger partial charge in [-0.25, -0.2) is 0 Å². The quantitative estimate of drug-likeness (QED) is 0.746. The second-order valence-electron chi connectivity index (χ2n) is 7.98. The molecule has 4 rings (SSSR count). The van der Waals surface area contributed by atoms with E-state index in [1.54, 1.807) is 0 Å². The van der Waals surface area contributed by atoms with Crippen LogP contribution in [0.4, 0.5) is 0 Å². The fourth-order valence-electron chi connectivity index (χ4n) is 4.60. The van der Waals surface area contributed by atoms with Crippen LogP contribution in [-0.4, -0.2) is 77.5 Å². The van der Waals surface area contributed by atoms with Crippen LogP contribution in [0.1, 0.15) is 18.5 Å². The zero-order valence-electron chi connectivity index (χ0n) is 16.3. The van der Waals surface area contributed by atoms with Crippen molar-refractivity contribution in [2.24, 2.45) is 0 Å². The number of piperazine rings is 1. The summed E-state index contributed by atoms with van der Waals surface area (Å²) in [6.07, 6.45) is 2.58. The number of nitrogens with zero attached hydrogens (tertiary/aromatic N) is 4. The van der Waals surface area contributed by atoms with Crippen LogP contribution in [0, 0.1) is 6.92 Å². The molecule has 1 aromatic heterocycles. The van der Waals surface area contributed by atoms with Crippen LogP contribution in [0.5, 0.6) is 0 Å². The van der Waals surface area contributed by atoms with Crippen LogP contribution in [0.2, 0.25) is 0 Å². The van der Waals surface area contributed by atoms with Gasteiger partial charge < -0.3 is 14.4 Å². The Labute approximate surface area is 170 Å². The first-order valence-electron chi connectivity index (χ1n) is 9.98. The van der Waals surface area contributed by atoms with Gasteiger partial charge in [0.1, 0.15) is 6.54 Å². The summed E-state index contributed by atoms with van der Waals surface area (Å²) in [5, 5.41) is 1.18. The molecule has 1 atom stereocenters. The molecule has 0 bridgehead atoms. The van der Waals surface area contributed by atoms with E-state index in [1.807, 2.05) is 17.0 Å². The molecule has 1 aromatic carbocycles. The number of likely N-dealkylation sites (N-methyl/N-ethyl adjacent to an activating group) is 1. The molecule has 0 aliphatic carbocycles. The summed E-state index contributed by atoms with van der Waals surface area (Å²) in [5.41, 5.74) is 2.24.